The van der Waals surface area contributed by atoms with Gasteiger partial charge in [0.25, 0.3) is 0 Å². The molecule has 0 fully saturated rings. The predicted molar refractivity (Wildman–Crippen MR) is 138 cm³/mol. The number of rotatable bonds is 14. The number of amides is 2. The standard InChI is InChI=1S/C25H32N2O3S2/c28-23(7-3-1-5-17-31)26-21-13-9-19(10-14-21)25(30)20-11-15-22(16-12-20)27-24(29)8-4-2-6-18-32/h9-16,31-32H,1-8,17-18H2,(H,26,28)(H,27,29). The van der Waals surface area contributed by atoms with Crippen LogP contribution in [0.3, 0.4) is 0 Å². The molecular weight excluding hydrogens is 440 g/mol. The van der Waals surface area contributed by atoms with Gasteiger partial charge in [0, 0.05) is 35.3 Å². The molecule has 0 radical (unpaired) electrons. The number of hydrogen-bond acceptors (Lipinski definition) is 5. The highest BCUT2D eigenvalue weighted by Crippen LogP contribution is 2.17. The van der Waals surface area contributed by atoms with E-state index in [1.807, 2.05) is 0 Å². The van der Waals surface area contributed by atoms with E-state index in [1.54, 1.807) is 48.5 Å². The van der Waals surface area contributed by atoms with E-state index in [1.165, 1.54) is 0 Å². The number of carbonyl (C=O) groups is 3. The van der Waals surface area contributed by atoms with Crippen molar-refractivity contribution in [3.05, 3.63) is 59.7 Å². The molecule has 2 aromatic carbocycles. The topological polar surface area (TPSA) is 75.3 Å². The molecule has 0 aromatic heterocycles. The molecule has 0 unspecified atom stereocenters. The Morgan fingerprint density at radius 3 is 1.28 bits per heavy atom. The number of ketones is 1. The number of hydrogen-bond donors (Lipinski definition) is 4. The molecular formula is C25H32N2O3S2. The van der Waals surface area contributed by atoms with Crippen LogP contribution in [0, 0.1) is 0 Å². The Kier molecular flexibility index (Phi) is 12.0. The van der Waals surface area contributed by atoms with Gasteiger partial charge in [-0.1, -0.05) is 12.8 Å². The Labute approximate surface area is 201 Å². The van der Waals surface area contributed by atoms with Gasteiger partial charge in [0.1, 0.15) is 0 Å². The van der Waals surface area contributed by atoms with E-state index < -0.39 is 0 Å². The number of carbonyl (C=O) groups excluding carboxylic acids is 3. The van der Waals surface area contributed by atoms with E-state index in [2.05, 4.69) is 35.9 Å². The molecule has 7 heteroatoms. The van der Waals surface area contributed by atoms with Crippen molar-refractivity contribution in [1.82, 2.24) is 0 Å². The van der Waals surface area contributed by atoms with Gasteiger partial charge in [-0.2, -0.15) is 25.3 Å². The number of unbranched alkanes of at least 4 members (excludes halogenated alkanes) is 4. The average molecular weight is 473 g/mol. The van der Waals surface area contributed by atoms with Gasteiger partial charge >= 0.3 is 0 Å². The molecule has 172 valence electrons. The lowest BCUT2D eigenvalue weighted by Crippen LogP contribution is -2.12. The minimum absolute atomic E-state index is 0.0254. The largest absolute Gasteiger partial charge is 0.326 e. The average Bonchev–Trinajstić information content (AvgIpc) is 2.80. The SMILES string of the molecule is O=C(CCCCCS)Nc1ccc(C(=O)c2ccc(NC(=O)CCCCCS)cc2)cc1. The van der Waals surface area contributed by atoms with Crippen molar-refractivity contribution in [2.45, 2.75) is 51.4 Å². The summed E-state index contributed by atoms with van der Waals surface area (Å²) < 4.78 is 0. The fraction of sp³-hybridized carbons (Fsp3) is 0.400. The molecule has 2 amide bonds. The molecule has 0 saturated carbocycles. The first-order valence-corrected chi connectivity index (χ1v) is 12.4. The van der Waals surface area contributed by atoms with Crippen molar-refractivity contribution >= 4 is 54.2 Å². The lowest BCUT2D eigenvalue weighted by molar-refractivity contribution is -0.117. The maximum atomic E-state index is 12.7. The summed E-state index contributed by atoms with van der Waals surface area (Å²) in [5.74, 6) is 1.51. The third-order valence-electron chi connectivity index (χ3n) is 4.99. The van der Waals surface area contributed by atoms with E-state index in [0.717, 1.165) is 50.0 Å². The molecule has 2 aromatic rings. The molecule has 2 N–H and O–H groups in total. The zero-order valence-corrected chi connectivity index (χ0v) is 20.1. The Hall–Kier alpha value is -2.25. The molecule has 32 heavy (non-hydrogen) atoms. The summed E-state index contributed by atoms with van der Waals surface area (Å²) in [6, 6.07) is 13.8. The van der Waals surface area contributed by atoms with Gasteiger partial charge in [-0.05, 0) is 85.7 Å². The van der Waals surface area contributed by atoms with Crippen LogP contribution in [0.25, 0.3) is 0 Å². The van der Waals surface area contributed by atoms with Crippen molar-refractivity contribution in [3.8, 4) is 0 Å². The molecule has 0 heterocycles. The fourth-order valence-electron chi connectivity index (χ4n) is 3.17. The highest BCUT2D eigenvalue weighted by molar-refractivity contribution is 7.80. The van der Waals surface area contributed by atoms with Crippen LogP contribution in [0.1, 0.15) is 67.3 Å². The van der Waals surface area contributed by atoms with Crippen LogP contribution < -0.4 is 10.6 Å². The first kappa shape index (κ1) is 26.0. The van der Waals surface area contributed by atoms with Crippen molar-refractivity contribution < 1.29 is 14.4 Å². The van der Waals surface area contributed by atoms with Gasteiger partial charge in [-0.25, -0.2) is 0 Å². The maximum absolute atomic E-state index is 12.7. The van der Waals surface area contributed by atoms with Gasteiger partial charge in [-0.15, -0.1) is 0 Å². The second kappa shape index (κ2) is 14.7. The van der Waals surface area contributed by atoms with Crippen LogP contribution in [0.4, 0.5) is 11.4 Å². The molecule has 5 nitrogen and oxygen atoms in total. The van der Waals surface area contributed by atoms with E-state index in [9.17, 15) is 14.4 Å². The Bertz CT molecular complexity index is 796. The van der Waals surface area contributed by atoms with E-state index in [4.69, 9.17) is 0 Å². The summed E-state index contributed by atoms with van der Waals surface area (Å²) in [6.45, 7) is 0. The molecule has 0 atom stereocenters. The fourth-order valence-corrected chi connectivity index (χ4v) is 3.62. The van der Waals surface area contributed by atoms with Crippen LogP contribution in [0.5, 0.6) is 0 Å². The summed E-state index contributed by atoms with van der Waals surface area (Å²) >= 11 is 8.33. The van der Waals surface area contributed by atoms with Gasteiger partial charge < -0.3 is 10.6 Å². The quantitative estimate of drug-likeness (QED) is 0.160. The Morgan fingerprint density at radius 1 is 0.562 bits per heavy atom. The normalized spacial score (nSPS) is 10.6. The summed E-state index contributed by atoms with van der Waals surface area (Å²) in [5, 5.41) is 5.72. The monoisotopic (exact) mass is 472 g/mol. The highest BCUT2D eigenvalue weighted by Gasteiger charge is 2.10. The molecule has 0 aliphatic rings. The van der Waals surface area contributed by atoms with Crippen molar-refractivity contribution in [2.24, 2.45) is 0 Å². The number of benzene rings is 2. The molecule has 0 aliphatic heterocycles. The zero-order valence-electron chi connectivity index (χ0n) is 18.3. The second-order valence-electron chi connectivity index (χ2n) is 7.65. The number of anilines is 2. The van der Waals surface area contributed by atoms with Crippen LogP contribution in [0.2, 0.25) is 0 Å². The summed E-state index contributed by atoms with van der Waals surface area (Å²) in [6.07, 6.45) is 6.64. The third-order valence-corrected chi connectivity index (χ3v) is 5.62. The summed E-state index contributed by atoms with van der Waals surface area (Å²) in [4.78, 5) is 36.7. The second-order valence-corrected chi connectivity index (χ2v) is 8.54. The lowest BCUT2D eigenvalue weighted by Gasteiger charge is -2.08. The lowest BCUT2D eigenvalue weighted by atomic mass is 10.0. The van der Waals surface area contributed by atoms with Crippen LogP contribution in [-0.2, 0) is 9.59 Å². The van der Waals surface area contributed by atoms with Crippen molar-refractivity contribution in [1.29, 1.82) is 0 Å². The van der Waals surface area contributed by atoms with E-state index >= 15 is 0 Å². The molecule has 0 bridgehead atoms. The minimum Gasteiger partial charge on any atom is -0.326 e. The summed E-state index contributed by atoms with van der Waals surface area (Å²) in [5.41, 5.74) is 2.43. The van der Waals surface area contributed by atoms with Crippen LogP contribution in [0.15, 0.2) is 48.5 Å². The third kappa shape index (κ3) is 9.49. The number of nitrogens with one attached hydrogen (secondary N) is 2. The smallest absolute Gasteiger partial charge is 0.224 e. The van der Waals surface area contributed by atoms with Crippen molar-refractivity contribution in [2.75, 3.05) is 22.1 Å². The first-order chi connectivity index (χ1) is 15.5. The highest BCUT2D eigenvalue weighted by atomic mass is 32.1. The molecule has 0 spiro atoms. The first-order valence-electron chi connectivity index (χ1n) is 11.1. The van der Waals surface area contributed by atoms with Gasteiger partial charge in [0.2, 0.25) is 11.8 Å². The van der Waals surface area contributed by atoms with Gasteiger partial charge in [-0.3, -0.25) is 14.4 Å². The Morgan fingerprint density at radius 2 is 0.938 bits per heavy atom. The maximum Gasteiger partial charge on any atom is 0.224 e. The van der Waals surface area contributed by atoms with Crippen molar-refractivity contribution in [3.63, 3.8) is 0 Å². The van der Waals surface area contributed by atoms with E-state index in [0.29, 0.717) is 35.3 Å². The summed E-state index contributed by atoms with van der Waals surface area (Å²) in [7, 11) is 0. The molecule has 0 aliphatic carbocycles. The van der Waals surface area contributed by atoms with Crippen LogP contribution in [-0.4, -0.2) is 29.1 Å². The van der Waals surface area contributed by atoms with E-state index in [-0.39, 0.29) is 17.6 Å². The Balaban J connectivity index is 1.84. The molecule has 0 saturated heterocycles. The number of thiol groups is 2. The van der Waals surface area contributed by atoms with Gasteiger partial charge in [0.05, 0.1) is 0 Å². The molecule has 2 rings (SSSR count). The predicted octanol–water partition coefficient (Wildman–Crippen LogP) is 5.78. The van der Waals surface area contributed by atoms with Gasteiger partial charge in [0.15, 0.2) is 5.78 Å². The zero-order chi connectivity index (χ0) is 23.2. The minimum atomic E-state index is -0.112. The van der Waals surface area contributed by atoms with Crippen LogP contribution >= 0.6 is 25.3 Å².